The molecule has 1 atom stereocenters. The van der Waals surface area contributed by atoms with Crippen molar-refractivity contribution in [3.63, 3.8) is 0 Å². The van der Waals surface area contributed by atoms with Crippen LogP contribution in [0.3, 0.4) is 0 Å². The molecule has 34 heavy (non-hydrogen) atoms. The topological polar surface area (TPSA) is 121 Å². The van der Waals surface area contributed by atoms with Gasteiger partial charge in [-0.25, -0.2) is 0 Å². The quantitative estimate of drug-likeness (QED) is 0.134. The summed E-state index contributed by atoms with van der Waals surface area (Å²) in [4.78, 5) is 28.1. The number of nitrogens with two attached hydrogens (primary N) is 1. The summed E-state index contributed by atoms with van der Waals surface area (Å²) in [6.45, 7) is 4.45. The van der Waals surface area contributed by atoms with E-state index in [1.54, 1.807) is 14.1 Å². The fourth-order valence-electron chi connectivity index (χ4n) is 4.45. The van der Waals surface area contributed by atoms with Gasteiger partial charge in [-0.1, -0.05) is 45.4 Å². The highest BCUT2D eigenvalue weighted by Crippen LogP contribution is 2.37. The lowest BCUT2D eigenvalue weighted by Crippen LogP contribution is -2.42. The lowest BCUT2D eigenvalue weighted by molar-refractivity contribution is -0.122. The van der Waals surface area contributed by atoms with Crippen LogP contribution in [-0.4, -0.2) is 69.1 Å². The van der Waals surface area contributed by atoms with Crippen LogP contribution in [0.1, 0.15) is 84.0 Å². The number of amides is 2. The van der Waals surface area contributed by atoms with Gasteiger partial charge in [-0.3, -0.25) is 14.6 Å². The molecule has 1 unspecified atom stereocenters. The number of rotatable bonds is 15. The summed E-state index contributed by atoms with van der Waals surface area (Å²) in [6.07, 6.45) is 14.6. The minimum absolute atomic E-state index is 0.0780. The number of unbranched alkanes of at least 4 members (excludes halogenated alkanes) is 1. The Morgan fingerprint density at radius 1 is 0.971 bits per heavy atom. The normalized spacial score (nSPS) is 17.2. The fourth-order valence-corrected chi connectivity index (χ4v) is 5.12. The van der Waals surface area contributed by atoms with Gasteiger partial charge in [-0.2, -0.15) is 11.8 Å². The average molecular weight is 499 g/mol. The monoisotopic (exact) mass is 498 g/mol. The van der Waals surface area contributed by atoms with Crippen LogP contribution in [0.25, 0.3) is 0 Å². The number of hydrogen-bond donors (Lipinski definition) is 5. The van der Waals surface area contributed by atoms with Gasteiger partial charge >= 0.3 is 0 Å². The predicted molar refractivity (Wildman–Crippen MR) is 145 cm³/mol. The highest BCUT2D eigenvalue weighted by Gasteiger charge is 2.24. The largest absolute Gasteiger partial charge is 0.359 e. The first kappa shape index (κ1) is 30.6. The van der Waals surface area contributed by atoms with E-state index in [1.807, 2.05) is 0 Å². The highest BCUT2D eigenvalue weighted by atomic mass is 32.2. The van der Waals surface area contributed by atoms with Crippen LogP contribution < -0.4 is 27.0 Å². The van der Waals surface area contributed by atoms with Crippen LogP contribution in [0.4, 0.5) is 0 Å². The molecule has 1 saturated carbocycles. The Morgan fingerprint density at radius 3 is 2.32 bits per heavy atom. The molecule has 0 aliphatic heterocycles. The molecule has 0 radical (unpaired) electrons. The van der Waals surface area contributed by atoms with Gasteiger partial charge in [0.05, 0.1) is 11.8 Å². The number of hydrogen-bond acceptors (Lipinski definition) is 5. The minimum Gasteiger partial charge on any atom is -0.359 e. The summed E-state index contributed by atoms with van der Waals surface area (Å²) >= 11 is 1.54. The predicted octanol–water partition coefficient (Wildman–Crippen LogP) is 2.78. The van der Waals surface area contributed by atoms with Gasteiger partial charge in [0.1, 0.15) is 0 Å². The molecule has 0 aromatic heterocycles. The van der Waals surface area contributed by atoms with Crippen LogP contribution in [-0.2, 0) is 9.59 Å². The van der Waals surface area contributed by atoms with Crippen LogP contribution in [0, 0.1) is 5.41 Å². The van der Waals surface area contributed by atoms with Gasteiger partial charge in [-0.05, 0) is 43.9 Å². The molecule has 0 aromatic rings. The summed E-state index contributed by atoms with van der Waals surface area (Å²) in [5, 5.41) is 12.0. The molecule has 8 nitrogen and oxygen atoms in total. The third kappa shape index (κ3) is 14.7. The summed E-state index contributed by atoms with van der Waals surface area (Å²) in [7, 11) is 3.51. The third-order valence-electron chi connectivity index (χ3n) is 6.65. The van der Waals surface area contributed by atoms with E-state index >= 15 is 0 Å². The molecule has 1 rings (SSSR count). The molecule has 1 fully saturated rings. The van der Waals surface area contributed by atoms with Crippen molar-refractivity contribution >= 4 is 29.5 Å². The first-order valence-electron chi connectivity index (χ1n) is 13.2. The van der Waals surface area contributed by atoms with Crippen LogP contribution in [0.15, 0.2) is 4.99 Å². The van der Waals surface area contributed by atoms with Crippen molar-refractivity contribution in [1.82, 2.24) is 21.3 Å². The molecular formula is C25H50N6O2S. The van der Waals surface area contributed by atoms with Crippen LogP contribution in [0.5, 0.6) is 0 Å². The van der Waals surface area contributed by atoms with E-state index in [0.717, 1.165) is 25.3 Å². The van der Waals surface area contributed by atoms with Gasteiger partial charge in [0.15, 0.2) is 5.96 Å². The van der Waals surface area contributed by atoms with Crippen LogP contribution in [0.2, 0.25) is 0 Å². The second-order valence-corrected chi connectivity index (χ2v) is 10.8. The molecule has 0 spiro atoms. The second-order valence-electron chi connectivity index (χ2n) is 9.73. The Hall–Kier alpha value is -1.48. The zero-order chi connectivity index (χ0) is 25.1. The summed E-state index contributed by atoms with van der Waals surface area (Å²) in [5.41, 5.74) is 6.46. The first-order chi connectivity index (χ1) is 16.4. The van der Waals surface area contributed by atoms with Gasteiger partial charge in [0.2, 0.25) is 11.8 Å². The Bertz CT molecular complexity index is 594. The molecule has 6 N–H and O–H groups in total. The Kier molecular flexibility index (Phi) is 16.9. The van der Waals surface area contributed by atoms with E-state index in [-0.39, 0.29) is 11.8 Å². The highest BCUT2D eigenvalue weighted by molar-refractivity contribution is 7.99. The first-order valence-corrected chi connectivity index (χ1v) is 14.3. The Balaban J connectivity index is 1.99. The molecular weight excluding hydrogens is 448 g/mol. The van der Waals surface area contributed by atoms with Crippen molar-refractivity contribution in [2.45, 2.75) is 90.0 Å². The Labute approximate surface area is 211 Å². The van der Waals surface area contributed by atoms with Crippen molar-refractivity contribution in [3.8, 4) is 0 Å². The zero-order valence-corrected chi connectivity index (χ0v) is 22.7. The summed E-state index contributed by atoms with van der Waals surface area (Å²) < 4.78 is 0. The van der Waals surface area contributed by atoms with Gasteiger partial charge in [-0.15, -0.1) is 0 Å². The van der Waals surface area contributed by atoms with E-state index in [0.29, 0.717) is 36.4 Å². The summed E-state index contributed by atoms with van der Waals surface area (Å²) in [5.74, 6) is 1.79. The SMILES string of the molecule is CN=C(NC)NCCCC(N)C(=O)NCCSCC(=O)NCCCCC1(C)CCCCCCC1. The maximum Gasteiger partial charge on any atom is 0.236 e. The maximum atomic E-state index is 12.1. The average Bonchev–Trinajstić information content (AvgIpc) is 2.81. The number of aliphatic imine (C=N–C) groups is 1. The molecule has 0 aromatic carbocycles. The van der Waals surface area contributed by atoms with Crippen molar-refractivity contribution in [2.24, 2.45) is 16.1 Å². The molecule has 198 valence electrons. The van der Waals surface area contributed by atoms with Crippen molar-refractivity contribution in [3.05, 3.63) is 0 Å². The number of carbonyl (C=O) groups is 2. The zero-order valence-electron chi connectivity index (χ0n) is 21.8. The molecule has 9 heteroatoms. The lowest BCUT2D eigenvalue weighted by atomic mass is 9.74. The van der Waals surface area contributed by atoms with Crippen LogP contribution >= 0.6 is 11.8 Å². The minimum atomic E-state index is -0.517. The van der Waals surface area contributed by atoms with Crippen molar-refractivity contribution in [2.75, 3.05) is 45.2 Å². The number of nitrogens with zero attached hydrogens (tertiary/aromatic N) is 1. The number of nitrogens with one attached hydrogen (secondary N) is 4. The van der Waals surface area contributed by atoms with E-state index in [4.69, 9.17) is 5.73 Å². The second kappa shape index (κ2) is 18.8. The number of thioether (sulfide) groups is 1. The number of carbonyl (C=O) groups excluding carboxylic acids is 2. The molecule has 0 saturated heterocycles. The van der Waals surface area contributed by atoms with E-state index in [9.17, 15) is 9.59 Å². The molecule has 0 bridgehead atoms. The van der Waals surface area contributed by atoms with Crippen molar-refractivity contribution in [1.29, 1.82) is 0 Å². The van der Waals surface area contributed by atoms with E-state index < -0.39 is 6.04 Å². The Morgan fingerprint density at radius 2 is 1.65 bits per heavy atom. The van der Waals surface area contributed by atoms with Crippen molar-refractivity contribution < 1.29 is 9.59 Å². The maximum absolute atomic E-state index is 12.1. The molecule has 1 aliphatic rings. The summed E-state index contributed by atoms with van der Waals surface area (Å²) in [6, 6.07) is -0.517. The van der Waals surface area contributed by atoms with Gasteiger partial charge < -0.3 is 27.0 Å². The number of guanidine groups is 1. The van der Waals surface area contributed by atoms with Gasteiger partial charge in [0, 0.05) is 39.5 Å². The third-order valence-corrected chi connectivity index (χ3v) is 7.61. The van der Waals surface area contributed by atoms with E-state index in [2.05, 4.69) is 33.2 Å². The van der Waals surface area contributed by atoms with E-state index in [1.165, 1.54) is 69.5 Å². The standard InChI is InChI=1S/C25H50N6O2S/c1-25(13-7-5-4-6-8-14-25)15-9-10-16-29-22(32)20-34-19-18-30-23(33)21(26)12-11-17-31-24(27-2)28-3/h21H,4-20,26H2,1-3H3,(H,29,32)(H,30,33)(H2,27,28,31). The fraction of sp³-hybridized carbons (Fsp3) is 0.880. The smallest absolute Gasteiger partial charge is 0.236 e. The molecule has 0 heterocycles. The molecule has 1 aliphatic carbocycles. The molecule has 2 amide bonds. The van der Waals surface area contributed by atoms with Gasteiger partial charge in [0.25, 0.3) is 0 Å². The lowest BCUT2D eigenvalue weighted by Gasteiger charge is -2.31.